The first-order chi connectivity index (χ1) is 15.9. The van der Waals surface area contributed by atoms with Crippen LogP contribution in [0.25, 0.3) is 11.1 Å². The van der Waals surface area contributed by atoms with Crippen molar-refractivity contribution in [3.8, 4) is 11.1 Å². The van der Waals surface area contributed by atoms with Crippen molar-refractivity contribution >= 4 is 17.8 Å². The van der Waals surface area contributed by atoms with Crippen molar-refractivity contribution in [2.24, 2.45) is 0 Å². The number of amides is 2. The van der Waals surface area contributed by atoms with Gasteiger partial charge >= 0.3 is 5.97 Å². The summed E-state index contributed by atoms with van der Waals surface area (Å²) < 4.78 is 18.3. The topological polar surface area (TPSA) is 75.7 Å². The molecule has 6 nitrogen and oxygen atoms in total. The molecule has 1 unspecified atom stereocenters. The summed E-state index contributed by atoms with van der Waals surface area (Å²) in [6, 6.07) is 18.2. The van der Waals surface area contributed by atoms with Gasteiger partial charge in [0.25, 0.3) is 5.91 Å². The van der Waals surface area contributed by atoms with Crippen LogP contribution in [0.5, 0.6) is 0 Å². The molecule has 0 spiro atoms. The molecular weight excluding hydrogens is 423 g/mol. The number of methoxy groups -OCH3 is 1. The fourth-order valence-electron chi connectivity index (χ4n) is 4.18. The van der Waals surface area contributed by atoms with Gasteiger partial charge in [-0.05, 0) is 52.9 Å². The van der Waals surface area contributed by atoms with Crippen LogP contribution in [0.2, 0.25) is 0 Å². The zero-order chi connectivity index (χ0) is 23.5. The zero-order valence-electron chi connectivity index (χ0n) is 18.3. The van der Waals surface area contributed by atoms with Crippen LogP contribution in [-0.2, 0) is 20.9 Å². The minimum absolute atomic E-state index is 0.164. The van der Waals surface area contributed by atoms with Crippen LogP contribution < -0.4 is 5.32 Å². The Hall–Kier alpha value is -4.00. The summed E-state index contributed by atoms with van der Waals surface area (Å²) in [6.45, 7) is 1.70. The molecule has 3 aromatic carbocycles. The first-order valence-corrected chi connectivity index (χ1v) is 10.5. The van der Waals surface area contributed by atoms with E-state index in [2.05, 4.69) is 10.1 Å². The number of halogens is 1. The lowest BCUT2D eigenvalue weighted by Crippen LogP contribution is -2.40. The molecule has 0 saturated heterocycles. The number of nitrogens with one attached hydrogen (secondary N) is 1. The lowest BCUT2D eigenvalue weighted by atomic mass is 9.95. The van der Waals surface area contributed by atoms with E-state index in [1.165, 1.54) is 24.1 Å². The normalized spacial score (nSPS) is 14.7. The number of carbonyl (C=O) groups is 3. The molecule has 7 heteroatoms. The molecule has 1 N–H and O–H groups in total. The van der Waals surface area contributed by atoms with E-state index in [0.717, 1.165) is 22.3 Å². The molecule has 3 aromatic rings. The van der Waals surface area contributed by atoms with Crippen LogP contribution in [-0.4, -0.2) is 36.3 Å². The van der Waals surface area contributed by atoms with Crippen molar-refractivity contribution in [2.75, 3.05) is 13.7 Å². The summed E-state index contributed by atoms with van der Waals surface area (Å²) in [5.74, 6) is -1.63. The van der Waals surface area contributed by atoms with Crippen molar-refractivity contribution in [2.45, 2.75) is 19.5 Å². The Morgan fingerprint density at radius 3 is 2.42 bits per heavy atom. The van der Waals surface area contributed by atoms with Gasteiger partial charge in [0.15, 0.2) is 0 Å². The third-order valence-electron chi connectivity index (χ3n) is 5.78. The van der Waals surface area contributed by atoms with Gasteiger partial charge in [-0.1, -0.05) is 48.5 Å². The number of hydrogen-bond donors (Lipinski definition) is 1. The van der Waals surface area contributed by atoms with Gasteiger partial charge in [0.1, 0.15) is 18.4 Å². The Bertz CT molecular complexity index is 1240. The molecule has 0 saturated carbocycles. The molecule has 0 aromatic heterocycles. The highest BCUT2D eigenvalue weighted by Gasteiger charge is 2.41. The van der Waals surface area contributed by atoms with E-state index in [1.54, 1.807) is 30.3 Å². The van der Waals surface area contributed by atoms with Crippen molar-refractivity contribution < 1.29 is 23.5 Å². The van der Waals surface area contributed by atoms with Crippen LogP contribution in [0.3, 0.4) is 0 Å². The zero-order valence-corrected chi connectivity index (χ0v) is 18.3. The second-order valence-electron chi connectivity index (χ2n) is 7.83. The third-order valence-corrected chi connectivity index (χ3v) is 5.78. The summed E-state index contributed by atoms with van der Waals surface area (Å²) in [5, 5.41) is 2.57. The highest BCUT2D eigenvalue weighted by atomic mass is 19.1. The average molecular weight is 446 g/mol. The molecule has 1 aliphatic rings. The average Bonchev–Trinajstić information content (AvgIpc) is 3.09. The number of esters is 1. The first kappa shape index (κ1) is 22.2. The van der Waals surface area contributed by atoms with Crippen molar-refractivity contribution in [1.82, 2.24) is 10.2 Å². The van der Waals surface area contributed by atoms with Crippen LogP contribution >= 0.6 is 0 Å². The van der Waals surface area contributed by atoms with E-state index >= 15 is 0 Å². The number of carbonyl (C=O) groups excluding carboxylic acids is 3. The third kappa shape index (κ3) is 4.35. The fraction of sp³-hybridized carbons (Fsp3) is 0.192. The second kappa shape index (κ2) is 9.24. The van der Waals surface area contributed by atoms with Crippen LogP contribution in [0.4, 0.5) is 4.39 Å². The molecule has 1 heterocycles. The fourth-order valence-corrected chi connectivity index (χ4v) is 4.18. The predicted octanol–water partition coefficient (Wildman–Crippen LogP) is 3.79. The number of hydrogen-bond acceptors (Lipinski definition) is 4. The lowest BCUT2D eigenvalue weighted by Gasteiger charge is -2.26. The molecule has 1 aliphatic heterocycles. The number of fused-ring (bicyclic) bond motifs is 1. The second-order valence-corrected chi connectivity index (χ2v) is 7.83. The summed E-state index contributed by atoms with van der Waals surface area (Å²) in [4.78, 5) is 39.4. The molecule has 0 bridgehead atoms. The summed E-state index contributed by atoms with van der Waals surface area (Å²) >= 11 is 0. The first-order valence-electron chi connectivity index (χ1n) is 10.5. The molecule has 4 rings (SSSR count). The van der Waals surface area contributed by atoms with Gasteiger partial charge in [0, 0.05) is 12.1 Å². The molecule has 0 aliphatic carbocycles. The van der Waals surface area contributed by atoms with E-state index in [1.807, 2.05) is 31.2 Å². The van der Waals surface area contributed by atoms with Gasteiger partial charge in [0.05, 0.1) is 7.11 Å². The molecule has 168 valence electrons. The Morgan fingerprint density at radius 1 is 1.00 bits per heavy atom. The highest BCUT2D eigenvalue weighted by molar-refractivity contribution is 6.05. The van der Waals surface area contributed by atoms with E-state index in [-0.39, 0.29) is 24.8 Å². The van der Waals surface area contributed by atoms with E-state index in [0.29, 0.717) is 11.1 Å². The molecule has 0 radical (unpaired) electrons. The van der Waals surface area contributed by atoms with Gasteiger partial charge in [-0.25, -0.2) is 4.39 Å². The van der Waals surface area contributed by atoms with Gasteiger partial charge in [-0.2, -0.15) is 0 Å². The maximum Gasteiger partial charge on any atom is 0.325 e. The Kier molecular flexibility index (Phi) is 6.22. The molecule has 2 amide bonds. The Balaban J connectivity index is 1.70. The van der Waals surface area contributed by atoms with Gasteiger partial charge < -0.3 is 15.0 Å². The molecular formula is C26H23FN2O4. The number of aryl methyl sites for hydroxylation is 1. The van der Waals surface area contributed by atoms with Crippen LogP contribution in [0.1, 0.15) is 33.1 Å². The van der Waals surface area contributed by atoms with Crippen molar-refractivity contribution in [1.29, 1.82) is 0 Å². The number of ether oxygens (including phenoxy) is 1. The Labute approximate surface area is 191 Å². The number of benzene rings is 3. The largest absolute Gasteiger partial charge is 0.468 e. The van der Waals surface area contributed by atoms with Gasteiger partial charge in [-0.15, -0.1) is 0 Å². The number of nitrogens with zero attached hydrogens (tertiary/aromatic N) is 1. The predicted molar refractivity (Wildman–Crippen MR) is 121 cm³/mol. The maximum atomic E-state index is 13.7. The maximum absolute atomic E-state index is 13.7. The van der Waals surface area contributed by atoms with Gasteiger partial charge in [-0.3, -0.25) is 14.4 Å². The SMILES string of the molecule is COC(=O)CNC(=O)C1c2ccccc2C(=O)N1Cc1ccccc1-c1ccc(F)cc1C. The smallest absolute Gasteiger partial charge is 0.325 e. The lowest BCUT2D eigenvalue weighted by molar-refractivity contribution is -0.141. The van der Waals surface area contributed by atoms with Crippen LogP contribution in [0.15, 0.2) is 66.7 Å². The molecule has 0 fully saturated rings. The van der Waals surface area contributed by atoms with E-state index in [9.17, 15) is 18.8 Å². The van der Waals surface area contributed by atoms with E-state index < -0.39 is 17.9 Å². The monoisotopic (exact) mass is 446 g/mol. The summed E-state index contributed by atoms with van der Waals surface area (Å²) in [5.41, 5.74) is 4.33. The summed E-state index contributed by atoms with van der Waals surface area (Å²) in [6.07, 6.45) is 0. The summed E-state index contributed by atoms with van der Waals surface area (Å²) in [7, 11) is 1.24. The van der Waals surface area contributed by atoms with E-state index in [4.69, 9.17) is 0 Å². The minimum Gasteiger partial charge on any atom is -0.468 e. The van der Waals surface area contributed by atoms with Crippen molar-refractivity contribution in [3.63, 3.8) is 0 Å². The molecule has 1 atom stereocenters. The van der Waals surface area contributed by atoms with Crippen molar-refractivity contribution in [3.05, 3.63) is 94.8 Å². The highest BCUT2D eigenvalue weighted by Crippen LogP contribution is 2.37. The van der Waals surface area contributed by atoms with Gasteiger partial charge in [0.2, 0.25) is 5.91 Å². The van der Waals surface area contributed by atoms with Crippen LogP contribution in [0, 0.1) is 12.7 Å². The molecule has 33 heavy (non-hydrogen) atoms. The quantitative estimate of drug-likeness (QED) is 0.585. The minimum atomic E-state index is -0.888. The number of rotatable bonds is 6. The standard InChI is InChI=1S/C26H23FN2O4/c1-16-13-18(27)11-12-19(16)20-8-4-3-7-17(20)15-29-24(25(31)28-14-23(30)33-2)21-9-5-6-10-22(21)26(29)32/h3-13,24H,14-15H2,1-2H3,(H,28,31). The Morgan fingerprint density at radius 2 is 1.70 bits per heavy atom.